The first-order chi connectivity index (χ1) is 16.3. The number of aromatic nitrogens is 6. The van der Waals surface area contributed by atoms with Crippen LogP contribution in [-0.4, -0.2) is 35.3 Å². The molecular formula is C21H17F6N7O. The van der Waals surface area contributed by atoms with Crippen molar-refractivity contribution in [1.29, 1.82) is 0 Å². The van der Waals surface area contributed by atoms with Crippen molar-refractivity contribution < 1.29 is 31.1 Å². The zero-order chi connectivity index (χ0) is 25.5. The van der Waals surface area contributed by atoms with Crippen LogP contribution in [0.1, 0.15) is 33.9 Å². The van der Waals surface area contributed by atoms with E-state index in [-0.39, 0.29) is 24.4 Å². The fourth-order valence-electron chi connectivity index (χ4n) is 3.47. The van der Waals surface area contributed by atoms with E-state index in [1.54, 1.807) is 6.92 Å². The molecule has 0 spiro atoms. The van der Waals surface area contributed by atoms with Crippen LogP contribution in [0.5, 0.6) is 0 Å². The van der Waals surface area contributed by atoms with E-state index in [0.29, 0.717) is 22.6 Å². The fourth-order valence-corrected chi connectivity index (χ4v) is 3.47. The Morgan fingerprint density at radius 1 is 0.971 bits per heavy atom. The standard InChI is InChI=1S/C21H17F6N7O/c1-11-15(12(2)34-19(29-11)31-18(32-34)21(25,26)27)9-17(35)30-16-7-8-28-33(16)10-13-3-5-14(6-4-13)20(22,23)24/h3-8H,9-10H2,1-2H3,(H,30,35). The minimum atomic E-state index is -4.74. The van der Waals surface area contributed by atoms with Crippen molar-refractivity contribution in [3.63, 3.8) is 0 Å². The zero-order valence-electron chi connectivity index (χ0n) is 18.2. The van der Waals surface area contributed by atoms with Gasteiger partial charge in [-0.2, -0.15) is 36.4 Å². The molecule has 0 radical (unpaired) electrons. The van der Waals surface area contributed by atoms with Crippen molar-refractivity contribution in [2.75, 3.05) is 5.32 Å². The molecule has 0 saturated heterocycles. The number of hydrogen-bond acceptors (Lipinski definition) is 5. The monoisotopic (exact) mass is 497 g/mol. The van der Waals surface area contributed by atoms with Crippen LogP contribution in [0.25, 0.3) is 5.78 Å². The van der Waals surface area contributed by atoms with Crippen LogP contribution in [0.4, 0.5) is 32.2 Å². The lowest BCUT2D eigenvalue weighted by atomic mass is 10.1. The summed E-state index contributed by atoms with van der Waals surface area (Å²) in [7, 11) is 0. The number of hydrogen-bond donors (Lipinski definition) is 1. The summed E-state index contributed by atoms with van der Waals surface area (Å²) < 4.78 is 79.5. The fraction of sp³-hybridized carbons (Fsp3) is 0.286. The molecule has 0 aliphatic carbocycles. The minimum Gasteiger partial charge on any atom is -0.311 e. The smallest absolute Gasteiger partial charge is 0.311 e. The average Bonchev–Trinajstić information content (AvgIpc) is 3.38. The summed E-state index contributed by atoms with van der Waals surface area (Å²) in [5.41, 5.74) is 0.738. The number of carbonyl (C=O) groups excluding carboxylic acids is 1. The molecule has 3 heterocycles. The van der Waals surface area contributed by atoms with E-state index < -0.39 is 29.6 Å². The third-order valence-corrected chi connectivity index (χ3v) is 5.24. The van der Waals surface area contributed by atoms with Gasteiger partial charge in [0.2, 0.25) is 5.91 Å². The summed E-state index contributed by atoms with van der Waals surface area (Å²) in [6.45, 7) is 3.16. The highest BCUT2D eigenvalue weighted by Crippen LogP contribution is 2.29. The van der Waals surface area contributed by atoms with Crippen LogP contribution in [0.15, 0.2) is 36.5 Å². The lowest BCUT2D eigenvalue weighted by Crippen LogP contribution is -2.20. The lowest BCUT2D eigenvalue weighted by Gasteiger charge is -2.12. The number of nitrogens with one attached hydrogen (secondary N) is 1. The number of aryl methyl sites for hydroxylation is 2. The summed E-state index contributed by atoms with van der Waals surface area (Å²) in [6.07, 6.45) is -7.99. The van der Waals surface area contributed by atoms with Crippen LogP contribution in [0.2, 0.25) is 0 Å². The molecule has 1 aromatic carbocycles. The molecule has 35 heavy (non-hydrogen) atoms. The maximum atomic E-state index is 13.0. The molecule has 1 N–H and O–H groups in total. The Morgan fingerprint density at radius 2 is 1.66 bits per heavy atom. The highest BCUT2D eigenvalue weighted by molar-refractivity contribution is 5.91. The zero-order valence-corrected chi connectivity index (χ0v) is 18.2. The predicted octanol–water partition coefficient (Wildman–Crippen LogP) is 4.20. The topological polar surface area (TPSA) is 90.0 Å². The Hall–Kier alpha value is -3.97. The first-order valence-electron chi connectivity index (χ1n) is 10.1. The molecule has 0 saturated carbocycles. The van der Waals surface area contributed by atoms with E-state index >= 15 is 0 Å². The van der Waals surface area contributed by atoms with Gasteiger partial charge in [0, 0.05) is 23.0 Å². The van der Waals surface area contributed by atoms with E-state index in [4.69, 9.17) is 0 Å². The van der Waals surface area contributed by atoms with Crippen molar-refractivity contribution in [2.24, 2.45) is 0 Å². The van der Waals surface area contributed by atoms with E-state index in [2.05, 4.69) is 25.5 Å². The Labute approximate surface area is 193 Å². The molecule has 0 fully saturated rings. The molecule has 4 rings (SSSR count). The van der Waals surface area contributed by atoms with Gasteiger partial charge < -0.3 is 5.32 Å². The van der Waals surface area contributed by atoms with E-state index in [1.807, 2.05) is 0 Å². The number of fused-ring (bicyclic) bond motifs is 1. The quantitative estimate of drug-likeness (QED) is 0.418. The number of halogens is 6. The first-order valence-corrected chi connectivity index (χ1v) is 10.1. The van der Waals surface area contributed by atoms with Gasteiger partial charge in [0.05, 0.1) is 24.7 Å². The Balaban J connectivity index is 1.50. The highest BCUT2D eigenvalue weighted by atomic mass is 19.4. The Kier molecular flexibility index (Phi) is 5.99. The van der Waals surface area contributed by atoms with Crippen molar-refractivity contribution >= 4 is 17.5 Å². The van der Waals surface area contributed by atoms with E-state index in [9.17, 15) is 31.1 Å². The van der Waals surface area contributed by atoms with Crippen LogP contribution >= 0.6 is 0 Å². The number of amides is 1. The summed E-state index contributed by atoms with van der Waals surface area (Å²) in [5, 5.41) is 10.2. The molecule has 8 nitrogen and oxygen atoms in total. The third-order valence-electron chi connectivity index (χ3n) is 5.24. The number of rotatable bonds is 5. The molecule has 0 atom stereocenters. The predicted molar refractivity (Wildman–Crippen MR) is 110 cm³/mol. The van der Waals surface area contributed by atoms with Gasteiger partial charge in [-0.15, -0.1) is 5.10 Å². The van der Waals surface area contributed by atoms with Gasteiger partial charge in [0.15, 0.2) is 0 Å². The number of alkyl halides is 6. The van der Waals surface area contributed by atoms with Crippen molar-refractivity contribution in [2.45, 2.75) is 39.2 Å². The molecule has 0 unspecified atom stereocenters. The molecule has 184 valence electrons. The number of anilines is 1. The number of nitrogens with zero attached hydrogens (tertiary/aromatic N) is 6. The first kappa shape index (κ1) is 24.2. The second kappa shape index (κ2) is 8.67. The van der Waals surface area contributed by atoms with E-state index in [0.717, 1.165) is 16.6 Å². The van der Waals surface area contributed by atoms with Gasteiger partial charge >= 0.3 is 12.4 Å². The van der Waals surface area contributed by atoms with Crippen molar-refractivity contribution in [1.82, 2.24) is 29.4 Å². The van der Waals surface area contributed by atoms with Crippen molar-refractivity contribution in [3.05, 3.63) is 70.4 Å². The summed E-state index contributed by atoms with van der Waals surface area (Å²) >= 11 is 0. The van der Waals surface area contributed by atoms with Gasteiger partial charge in [-0.1, -0.05) is 12.1 Å². The van der Waals surface area contributed by atoms with Crippen molar-refractivity contribution in [3.8, 4) is 0 Å². The summed E-state index contributed by atoms with van der Waals surface area (Å²) in [6, 6.07) is 6.06. The van der Waals surface area contributed by atoms with Crippen LogP contribution in [0, 0.1) is 13.8 Å². The minimum absolute atomic E-state index is 0.103. The third kappa shape index (κ3) is 5.10. The molecule has 3 aromatic heterocycles. The van der Waals surface area contributed by atoms with Gasteiger partial charge in [0.1, 0.15) is 5.82 Å². The molecule has 1 amide bonds. The van der Waals surface area contributed by atoms with Crippen LogP contribution in [0.3, 0.4) is 0 Å². The molecule has 0 bridgehead atoms. The van der Waals surface area contributed by atoms with Gasteiger partial charge in [0.25, 0.3) is 11.6 Å². The second-order valence-corrected chi connectivity index (χ2v) is 7.70. The second-order valence-electron chi connectivity index (χ2n) is 7.70. The van der Waals surface area contributed by atoms with Crippen LogP contribution in [-0.2, 0) is 30.1 Å². The van der Waals surface area contributed by atoms with Gasteiger partial charge in [-0.3, -0.25) is 4.79 Å². The average molecular weight is 497 g/mol. The molecule has 14 heteroatoms. The molecule has 0 aliphatic rings. The molecule has 4 aromatic rings. The Morgan fingerprint density at radius 3 is 2.29 bits per heavy atom. The molecular weight excluding hydrogens is 480 g/mol. The van der Waals surface area contributed by atoms with E-state index in [1.165, 1.54) is 36.0 Å². The maximum absolute atomic E-state index is 13.0. The largest absolute Gasteiger partial charge is 0.453 e. The number of benzene rings is 1. The summed E-state index contributed by atoms with van der Waals surface area (Å²) in [5.74, 6) is -1.77. The van der Waals surface area contributed by atoms with Crippen LogP contribution < -0.4 is 5.32 Å². The molecule has 0 aliphatic heterocycles. The lowest BCUT2D eigenvalue weighted by molar-refractivity contribution is -0.144. The van der Waals surface area contributed by atoms with Gasteiger partial charge in [-0.05, 0) is 31.5 Å². The van der Waals surface area contributed by atoms with Gasteiger partial charge in [-0.25, -0.2) is 14.2 Å². The highest BCUT2D eigenvalue weighted by Gasteiger charge is 2.37. The summed E-state index contributed by atoms with van der Waals surface area (Å²) in [4.78, 5) is 20.1. The normalized spacial score (nSPS) is 12.3. The number of carbonyl (C=O) groups is 1. The Bertz CT molecular complexity index is 1390. The maximum Gasteiger partial charge on any atom is 0.453 e. The SMILES string of the molecule is Cc1nc2nc(C(F)(F)F)nn2c(C)c1CC(=O)Nc1ccnn1Cc1ccc(C(F)(F)F)cc1.